The summed E-state index contributed by atoms with van der Waals surface area (Å²) in [4.78, 5) is 11.3. The molecule has 2 aliphatic rings. The summed E-state index contributed by atoms with van der Waals surface area (Å²) in [5.74, 6) is -2.76. The lowest BCUT2D eigenvalue weighted by atomic mass is 9.84. The van der Waals surface area contributed by atoms with E-state index in [1.165, 1.54) is 5.69 Å². The molecule has 0 aromatic carbocycles. The number of likely N-dealkylation sites (tertiary alicyclic amines) is 1. The van der Waals surface area contributed by atoms with Crippen LogP contribution in [0.2, 0.25) is 0 Å². The van der Waals surface area contributed by atoms with Crippen LogP contribution in [0, 0.1) is 6.92 Å². The number of hydrogen-bond donors (Lipinski definition) is 1. The Morgan fingerprint density at radius 2 is 2.12 bits per heavy atom. The molecule has 1 atom stereocenters. The van der Waals surface area contributed by atoms with Crippen molar-refractivity contribution in [3.8, 4) is 0 Å². The van der Waals surface area contributed by atoms with Gasteiger partial charge in [0.1, 0.15) is 0 Å². The fourth-order valence-electron chi connectivity index (χ4n) is 3.33. The van der Waals surface area contributed by atoms with E-state index in [1.807, 2.05) is 18.7 Å². The summed E-state index contributed by atoms with van der Waals surface area (Å²) in [5, 5.41) is 11.5. The normalized spacial score (nSPS) is 22.5. The first-order valence-electron chi connectivity index (χ1n) is 8.23. The third-order valence-corrected chi connectivity index (χ3v) is 4.53. The number of hydrogen-bond acceptors (Lipinski definition) is 5. The molecule has 1 spiro atoms. The van der Waals surface area contributed by atoms with Crippen molar-refractivity contribution >= 4 is 5.97 Å². The van der Waals surface area contributed by atoms with E-state index in [1.54, 1.807) is 7.11 Å². The van der Waals surface area contributed by atoms with Crippen LogP contribution < -0.4 is 0 Å². The van der Waals surface area contributed by atoms with Gasteiger partial charge < -0.3 is 14.6 Å². The predicted molar refractivity (Wildman–Crippen MR) is 85.6 cm³/mol. The van der Waals surface area contributed by atoms with E-state index < -0.39 is 12.1 Å². The summed E-state index contributed by atoms with van der Waals surface area (Å²) in [6, 6.07) is 2.16. The van der Waals surface area contributed by atoms with E-state index >= 15 is 0 Å². The zero-order valence-electron chi connectivity index (χ0n) is 15.0. The van der Waals surface area contributed by atoms with E-state index in [-0.39, 0.29) is 5.60 Å². The lowest BCUT2D eigenvalue weighted by Gasteiger charge is -2.53. The molecule has 26 heavy (non-hydrogen) atoms. The van der Waals surface area contributed by atoms with Crippen molar-refractivity contribution < 1.29 is 32.5 Å². The van der Waals surface area contributed by atoms with Gasteiger partial charge in [-0.05, 0) is 19.4 Å². The second-order valence-electron chi connectivity index (χ2n) is 6.73. The second kappa shape index (κ2) is 7.93. The number of carboxylic acids is 1. The molecule has 2 fully saturated rings. The lowest BCUT2D eigenvalue weighted by Crippen LogP contribution is -2.65. The first kappa shape index (κ1) is 20.7. The van der Waals surface area contributed by atoms with Crippen LogP contribution in [-0.2, 0) is 27.9 Å². The molecule has 0 saturated carbocycles. The van der Waals surface area contributed by atoms with Crippen LogP contribution in [-0.4, -0.2) is 70.4 Å². The summed E-state index contributed by atoms with van der Waals surface area (Å²) in [7, 11) is 3.81. The van der Waals surface area contributed by atoms with Crippen LogP contribution in [0.5, 0.6) is 0 Å². The maximum Gasteiger partial charge on any atom is 0.490 e. The van der Waals surface area contributed by atoms with Crippen LogP contribution in [0.15, 0.2) is 6.07 Å². The maximum atomic E-state index is 10.6. The number of carbonyl (C=O) groups is 1. The number of alkyl halides is 3. The van der Waals surface area contributed by atoms with E-state index in [0.29, 0.717) is 6.10 Å². The number of ether oxygens (including phenoxy) is 2. The minimum atomic E-state index is -5.08. The molecule has 148 valence electrons. The first-order chi connectivity index (χ1) is 12.0. The fourth-order valence-corrected chi connectivity index (χ4v) is 3.33. The molecule has 0 radical (unpaired) electrons. The molecule has 1 aromatic heterocycles. The first-order valence-corrected chi connectivity index (χ1v) is 8.23. The Labute approximate surface area is 149 Å². The second-order valence-corrected chi connectivity index (χ2v) is 6.73. The number of aliphatic carboxylic acids is 1. The minimum Gasteiger partial charge on any atom is -0.475 e. The average Bonchev–Trinajstić information content (AvgIpc) is 2.83. The Morgan fingerprint density at radius 1 is 1.50 bits per heavy atom. The SMILES string of the molecule is COC1CCOC2(C1)CN(Cc1cc(C)nn1C)C2.O=C(O)C(F)(F)F. The van der Waals surface area contributed by atoms with Gasteiger partial charge in [0.05, 0.1) is 23.1 Å². The number of methoxy groups -OCH3 is 1. The standard InChI is InChI=1S/C14H23N3O2.C2HF3O2/c1-11-6-12(16(2)15-11)8-17-9-14(10-17)7-13(18-3)4-5-19-14;3-2(4,5)1(6)7/h6,13H,4-5,7-10H2,1-3H3;(H,6,7). The van der Waals surface area contributed by atoms with Crippen LogP contribution in [0.1, 0.15) is 24.2 Å². The Balaban J connectivity index is 0.000000298. The Bertz CT molecular complexity index is 627. The monoisotopic (exact) mass is 379 g/mol. The molecule has 0 amide bonds. The smallest absolute Gasteiger partial charge is 0.475 e. The van der Waals surface area contributed by atoms with Gasteiger partial charge in [0.25, 0.3) is 0 Å². The molecular formula is C16H24F3N3O4. The highest BCUT2D eigenvalue weighted by Crippen LogP contribution is 2.35. The van der Waals surface area contributed by atoms with Crippen molar-refractivity contribution in [3.63, 3.8) is 0 Å². The molecule has 1 N–H and O–H groups in total. The summed E-state index contributed by atoms with van der Waals surface area (Å²) >= 11 is 0. The molecule has 7 nitrogen and oxygen atoms in total. The molecule has 2 aliphatic heterocycles. The molecule has 3 rings (SSSR count). The van der Waals surface area contributed by atoms with E-state index in [0.717, 1.165) is 44.8 Å². The fraction of sp³-hybridized carbons (Fsp3) is 0.750. The molecule has 10 heteroatoms. The molecule has 2 saturated heterocycles. The van der Waals surface area contributed by atoms with Crippen LogP contribution in [0.4, 0.5) is 13.2 Å². The van der Waals surface area contributed by atoms with Crippen LogP contribution in [0.3, 0.4) is 0 Å². The maximum absolute atomic E-state index is 10.6. The Morgan fingerprint density at radius 3 is 2.58 bits per heavy atom. The molecular weight excluding hydrogens is 355 g/mol. The third-order valence-electron chi connectivity index (χ3n) is 4.53. The van der Waals surface area contributed by atoms with Crippen molar-refractivity contribution in [1.82, 2.24) is 14.7 Å². The lowest BCUT2D eigenvalue weighted by molar-refractivity contribution is -0.195. The van der Waals surface area contributed by atoms with Gasteiger partial charge in [0.15, 0.2) is 0 Å². The van der Waals surface area contributed by atoms with Crippen LogP contribution in [0.25, 0.3) is 0 Å². The van der Waals surface area contributed by atoms with E-state index in [4.69, 9.17) is 19.4 Å². The van der Waals surface area contributed by atoms with E-state index in [9.17, 15) is 13.2 Å². The van der Waals surface area contributed by atoms with E-state index in [2.05, 4.69) is 16.1 Å². The summed E-state index contributed by atoms with van der Waals surface area (Å²) in [6.07, 6.45) is -2.65. The highest BCUT2D eigenvalue weighted by molar-refractivity contribution is 5.73. The molecule has 1 unspecified atom stereocenters. The zero-order chi connectivity index (χ0) is 19.5. The van der Waals surface area contributed by atoms with Crippen molar-refractivity contribution in [2.75, 3.05) is 26.8 Å². The third kappa shape index (κ3) is 5.18. The topological polar surface area (TPSA) is 76.8 Å². The summed E-state index contributed by atoms with van der Waals surface area (Å²) in [6.45, 7) is 5.85. The number of carboxylic acid groups (broad SMARTS) is 1. The van der Waals surface area contributed by atoms with Crippen molar-refractivity contribution in [2.24, 2.45) is 7.05 Å². The van der Waals surface area contributed by atoms with Crippen molar-refractivity contribution in [2.45, 2.75) is 44.2 Å². The Kier molecular flexibility index (Phi) is 6.30. The molecule has 3 heterocycles. The largest absolute Gasteiger partial charge is 0.490 e. The minimum absolute atomic E-state index is 0.0482. The van der Waals surface area contributed by atoms with Gasteiger partial charge in [-0.3, -0.25) is 9.58 Å². The molecule has 1 aromatic rings. The average molecular weight is 379 g/mol. The van der Waals surface area contributed by atoms with Gasteiger partial charge in [0, 0.05) is 46.8 Å². The van der Waals surface area contributed by atoms with Gasteiger partial charge in [-0.1, -0.05) is 0 Å². The highest BCUT2D eigenvalue weighted by Gasteiger charge is 2.47. The van der Waals surface area contributed by atoms with Gasteiger partial charge in [-0.2, -0.15) is 18.3 Å². The van der Waals surface area contributed by atoms with Gasteiger partial charge in [-0.15, -0.1) is 0 Å². The quantitative estimate of drug-likeness (QED) is 0.862. The van der Waals surface area contributed by atoms with Crippen molar-refractivity contribution in [3.05, 3.63) is 17.5 Å². The summed E-state index contributed by atoms with van der Waals surface area (Å²) in [5.41, 5.74) is 2.40. The van der Waals surface area contributed by atoms with Gasteiger partial charge >= 0.3 is 12.1 Å². The van der Waals surface area contributed by atoms with Crippen LogP contribution >= 0.6 is 0 Å². The Hall–Kier alpha value is -1.65. The molecule has 0 bridgehead atoms. The van der Waals surface area contributed by atoms with Gasteiger partial charge in [-0.25, -0.2) is 4.79 Å². The number of nitrogens with zero attached hydrogens (tertiary/aromatic N) is 3. The number of aromatic nitrogens is 2. The highest BCUT2D eigenvalue weighted by atomic mass is 19.4. The van der Waals surface area contributed by atoms with Crippen molar-refractivity contribution in [1.29, 1.82) is 0 Å². The predicted octanol–water partition coefficient (Wildman–Crippen LogP) is 1.74. The molecule has 0 aliphatic carbocycles. The number of aryl methyl sites for hydroxylation is 2. The summed E-state index contributed by atoms with van der Waals surface area (Å²) < 4.78 is 45.2. The zero-order valence-corrected chi connectivity index (χ0v) is 15.0. The van der Waals surface area contributed by atoms with Gasteiger partial charge in [0.2, 0.25) is 0 Å². The number of rotatable bonds is 3. The number of halogens is 3.